The highest BCUT2D eigenvalue weighted by Gasteiger charge is 2.28. The lowest BCUT2D eigenvalue weighted by Crippen LogP contribution is -2.39. The van der Waals surface area contributed by atoms with E-state index in [1.807, 2.05) is 13.8 Å². The number of methoxy groups -OCH3 is 1. The summed E-state index contributed by atoms with van der Waals surface area (Å²) in [6.07, 6.45) is 2.76. The fourth-order valence-electron chi connectivity index (χ4n) is 2.47. The molecule has 1 aromatic rings. The number of amides is 1. The molecule has 22 heavy (non-hydrogen) atoms. The van der Waals surface area contributed by atoms with Crippen molar-refractivity contribution < 1.29 is 19.0 Å². The second-order valence-electron chi connectivity index (χ2n) is 5.45. The fourth-order valence-corrected chi connectivity index (χ4v) is 2.47. The Kier molecular flexibility index (Phi) is 7.11. The van der Waals surface area contributed by atoms with Crippen LogP contribution < -0.4 is 15.6 Å². The molecule has 0 heterocycles. The van der Waals surface area contributed by atoms with E-state index in [1.54, 1.807) is 6.07 Å². The Morgan fingerprint density at radius 1 is 1.27 bits per heavy atom. The van der Waals surface area contributed by atoms with Gasteiger partial charge in [-0.05, 0) is 18.9 Å². The van der Waals surface area contributed by atoms with E-state index in [0.29, 0.717) is 24.3 Å². The Balaban J connectivity index is 2.60. The van der Waals surface area contributed by atoms with Crippen molar-refractivity contribution in [2.75, 3.05) is 12.5 Å². The molecule has 0 aromatic heterocycles. The highest BCUT2D eigenvalue weighted by atomic mass is 19.1. The van der Waals surface area contributed by atoms with Gasteiger partial charge in [-0.3, -0.25) is 15.6 Å². The molecule has 0 radical (unpaired) electrons. The normalized spacial score (nSPS) is 11.1. The highest BCUT2D eigenvalue weighted by Crippen LogP contribution is 2.23. The van der Waals surface area contributed by atoms with E-state index in [1.165, 1.54) is 19.2 Å². The monoisotopic (exact) mass is 312 g/mol. The number of hydrogen-bond acceptors (Lipinski definition) is 4. The van der Waals surface area contributed by atoms with Gasteiger partial charge < -0.3 is 9.84 Å². The van der Waals surface area contributed by atoms with Crippen molar-refractivity contribution in [3.05, 3.63) is 24.0 Å². The second-order valence-corrected chi connectivity index (χ2v) is 5.45. The van der Waals surface area contributed by atoms with Crippen molar-refractivity contribution in [2.45, 2.75) is 51.6 Å². The molecule has 5 nitrogen and oxygen atoms in total. The van der Waals surface area contributed by atoms with E-state index < -0.39 is 11.4 Å². The van der Waals surface area contributed by atoms with Crippen LogP contribution in [0.2, 0.25) is 0 Å². The predicted octanol–water partition coefficient (Wildman–Crippen LogP) is 3.00. The Labute approximate surface area is 130 Å². The van der Waals surface area contributed by atoms with Gasteiger partial charge in [-0.15, -0.1) is 0 Å². The summed E-state index contributed by atoms with van der Waals surface area (Å²) in [4.78, 5) is 12.0. The number of nitrogens with one attached hydrogen (secondary N) is 2. The van der Waals surface area contributed by atoms with Crippen LogP contribution in [-0.2, 0) is 4.79 Å². The molecule has 1 amide bonds. The van der Waals surface area contributed by atoms with Crippen molar-refractivity contribution in [1.82, 2.24) is 5.43 Å². The van der Waals surface area contributed by atoms with Crippen molar-refractivity contribution in [2.24, 2.45) is 0 Å². The Morgan fingerprint density at radius 3 is 2.45 bits per heavy atom. The highest BCUT2D eigenvalue weighted by molar-refractivity contribution is 5.78. The minimum absolute atomic E-state index is 0.00807. The molecule has 6 heteroatoms. The van der Waals surface area contributed by atoms with Crippen LogP contribution in [-0.4, -0.2) is 23.7 Å². The zero-order valence-electron chi connectivity index (χ0n) is 13.4. The first-order chi connectivity index (χ1) is 10.4. The quantitative estimate of drug-likeness (QED) is 0.613. The molecule has 0 saturated heterocycles. The summed E-state index contributed by atoms with van der Waals surface area (Å²) >= 11 is 0. The van der Waals surface area contributed by atoms with Gasteiger partial charge in [-0.25, -0.2) is 4.39 Å². The van der Waals surface area contributed by atoms with Crippen LogP contribution in [0, 0.1) is 5.82 Å². The maximum atomic E-state index is 13.3. The van der Waals surface area contributed by atoms with Gasteiger partial charge in [0, 0.05) is 12.1 Å². The summed E-state index contributed by atoms with van der Waals surface area (Å²) in [6, 6.07) is 4.05. The van der Waals surface area contributed by atoms with Crippen LogP contribution in [0.3, 0.4) is 0 Å². The van der Waals surface area contributed by atoms with Crippen LogP contribution >= 0.6 is 0 Å². The molecule has 1 rings (SSSR count). The third-order valence-electron chi connectivity index (χ3n) is 3.37. The number of anilines is 1. The Morgan fingerprint density at radius 2 is 1.91 bits per heavy atom. The van der Waals surface area contributed by atoms with Gasteiger partial charge in [0.25, 0.3) is 0 Å². The zero-order valence-corrected chi connectivity index (χ0v) is 13.4. The molecular weight excluding hydrogens is 287 g/mol. The second kappa shape index (κ2) is 8.58. The molecular formula is C16H25FN2O3. The molecule has 0 aliphatic rings. The predicted molar refractivity (Wildman–Crippen MR) is 84.1 cm³/mol. The molecule has 0 fully saturated rings. The van der Waals surface area contributed by atoms with E-state index >= 15 is 0 Å². The van der Waals surface area contributed by atoms with Crippen LogP contribution in [0.5, 0.6) is 5.75 Å². The lowest BCUT2D eigenvalue weighted by atomic mass is 9.89. The van der Waals surface area contributed by atoms with Gasteiger partial charge in [0.2, 0.25) is 5.91 Å². The molecule has 3 N–H and O–H groups in total. The average molecular weight is 312 g/mol. The summed E-state index contributed by atoms with van der Waals surface area (Å²) in [7, 11) is 1.44. The largest absolute Gasteiger partial charge is 0.497 e. The number of halogens is 1. The van der Waals surface area contributed by atoms with E-state index in [0.717, 1.165) is 12.8 Å². The van der Waals surface area contributed by atoms with Gasteiger partial charge in [0.1, 0.15) is 11.6 Å². The molecule has 0 aliphatic heterocycles. The lowest BCUT2D eigenvalue weighted by molar-refractivity contribution is -0.126. The molecule has 0 atom stereocenters. The third-order valence-corrected chi connectivity index (χ3v) is 3.37. The molecule has 124 valence electrons. The molecule has 0 unspecified atom stereocenters. The average Bonchev–Trinajstić information content (AvgIpc) is 2.44. The van der Waals surface area contributed by atoms with Gasteiger partial charge in [-0.1, -0.05) is 26.7 Å². The molecule has 0 bridgehead atoms. The van der Waals surface area contributed by atoms with E-state index in [2.05, 4.69) is 10.9 Å². The Hall–Kier alpha value is -1.82. The van der Waals surface area contributed by atoms with Gasteiger partial charge in [-0.2, -0.15) is 0 Å². The maximum Gasteiger partial charge on any atom is 0.241 e. The number of ether oxygens (including phenoxy) is 1. The number of carbonyl (C=O) groups excluding carboxylic acids is 1. The minimum Gasteiger partial charge on any atom is -0.497 e. The number of aliphatic hydroxyl groups is 1. The molecule has 1 aromatic carbocycles. The van der Waals surface area contributed by atoms with Gasteiger partial charge >= 0.3 is 0 Å². The van der Waals surface area contributed by atoms with E-state index in [4.69, 9.17) is 4.74 Å². The van der Waals surface area contributed by atoms with Crippen LogP contribution in [0.15, 0.2) is 18.2 Å². The SMILES string of the molecule is CCCC(O)(CCC)CC(=O)NNc1cc(F)cc(OC)c1. The number of rotatable bonds is 9. The van der Waals surface area contributed by atoms with Crippen LogP contribution in [0.4, 0.5) is 10.1 Å². The summed E-state index contributed by atoms with van der Waals surface area (Å²) in [5.41, 5.74) is 4.50. The first kappa shape index (κ1) is 18.2. The van der Waals surface area contributed by atoms with E-state index in [-0.39, 0.29) is 12.3 Å². The number of hydrazine groups is 1. The summed E-state index contributed by atoms with van der Waals surface area (Å²) < 4.78 is 18.3. The number of hydrogen-bond donors (Lipinski definition) is 3. The standard InChI is InChI=1S/C16H25FN2O3/c1-4-6-16(21,7-5-2)11-15(20)19-18-13-8-12(17)9-14(10-13)22-3/h8-10,18,21H,4-7,11H2,1-3H3,(H,19,20). The van der Waals surface area contributed by atoms with Crippen molar-refractivity contribution in [3.63, 3.8) is 0 Å². The summed E-state index contributed by atoms with van der Waals surface area (Å²) in [6.45, 7) is 3.94. The van der Waals surface area contributed by atoms with Crippen LogP contribution in [0.1, 0.15) is 46.0 Å². The summed E-state index contributed by atoms with van der Waals surface area (Å²) in [5.74, 6) is -0.456. The molecule has 0 aliphatic carbocycles. The topological polar surface area (TPSA) is 70.6 Å². The van der Waals surface area contributed by atoms with Gasteiger partial charge in [0.05, 0.1) is 24.8 Å². The first-order valence-corrected chi connectivity index (χ1v) is 7.54. The maximum absolute atomic E-state index is 13.3. The molecule has 0 saturated carbocycles. The third kappa shape index (κ3) is 5.89. The summed E-state index contributed by atoms with van der Waals surface area (Å²) in [5, 5.41) is 10.4. The van der Waals surface area contributed by atoms with Gasteiger partial charge in [0.15, 0.2) is 0 Å². The van der Waals surface area contributed by atoms with Crippen molar-refractivity contribution in [1.29, 1.82) is 0 Å². The minimum atomic E-state index is -0.991. The zero-order chi connectivity index (χ0) is 16.6. The van der Waals surface area contributed by atoms with Crippen molar-refractivity contribution >= 4 is 11.6 Å². The first-order valence-electron chi connectivity index (χ1n) is 7.54. The van der Waals surface area contributed by atoms with Crippen LogP contribution in [0.25, 0.3) is 0 Å². The molecule has 0 spiro atoms. The Bertz CT molecular complexity index is 488. The van der Waals surface area contributed by atoms with E-state index in [9.17, 15) is 14.3 Å². The smallest absolute Gasteiger partial charge is 0.241 e. The van der Waals surface area contributed by atoms with Crippen molar-refractivity contribution in [3.8, 4) is 5.75 Å². The fraction of sp³-hybridized carbons (Fsp3) is 0.562. The number of carbonyl (C=O) groups is 1. The lowest BCUT2D eigenvalue weighted by Gasteiger charge is -2.26. The number of benzene rings is 1.